The SMILES string of the molecule is CC[C@@H](Oc1ccc(N(C)S(C)(=O)=O)cc1)C(=O)NCCOc1ccc(Cl)cc1. The maximum atomic E-state index is 12.3. The average molecular weight is 441 g/mol. The van der Waals surface area contributed by atoms with Crippen LogP contribution in [0.1, 0.15) is 13.3 Å². The lowest BCUT2D eigenvalue weighted by atomic mass is 10.2. The summed E-state index contributed by atoms with van der Waals surface area (Å²) in [5.74, 6) is 0.908. The third kappa shape index (κ3) is 7.14. The van der Waals surface area contributed by atoms with Gasteiger partial charge >= 0.3 is 0 Å². The second kappa shape index (κ2) is 10.4. The molecule has 0 aliphatic heterocycles. The Labute approximate surface area is 176 Å². The predicted molar refractivity (Wildman–Crippen MR) is 114 cm³/mol. The van der Waals surface area contributed by atoms with Gasteiger partial charge in [-0.3, -0.25) is 9.10 Å². The molecule has 0 aromatic heterocycles. The molecule has 0 bridgehead atoms. The highest BCUT2D eigenvalue weighted by Crippen LogP contribution is 2.21. The molecule has 2 rings (SSSR count). The summed E-state index contributed by atoms with van der Waals surface area (Å²) in [7, 11) is -1.86. The number of rotatable bonds is 10. The average Bonchev–Trinajstić information content (AvgIpc) is 2.69. The van der Waals surface area contributed by atoms with E-state index in [0.717, 1.165) is 6.26 Å². The van der Waals surface area contributed by atoms with Crippen LogP contribution in [-0.4, -0.2) is 46.9 Å². The molecule has 9 heteroatoms. The summed E-state index contributed by atoms with van der Waals surface area (Å²) >= 11 is 5.82. The Kier molecular flexibility index (Phi) is 8.16. The second-order valence-corrected chi connectivity index (χ2v) is 8.78. The molecular weight excluding hydrogens is 416 g/mol. The van der Waals surface area contributed by atoms with Gasteiger partial charge in [0.1, 0.15) is 18.1 Å². The summed E-state index contributed by atoms with van der Waals surface area (Å²) in [6.45, 7) is 2.50. The van der Waals surface area contributed by atoms with Crippen LogP contribution in [0.3, 0.4) is 0 Å². The van der Waals surface area contributed by atoms with Crippen LogP contribution < -0.4 is 19.1 Å². The molecule has 1 atom stereocenters. The van der Waals surface area contributed by atoms with Crippen molar-refractivity contribution in [3.63, 3.8) is 0 Å². The van der Waals surface area contributed by atoms with Gasteiger partial charge in [-0.05, 0) is 55.0 Å². The molecule has 29 heavy (non-hydrogen) atoms. The summed E-state index contributed by atoms with van der Waals surface area (Å²) in [5.41, 5.74) is 0.511. The lowest BCUT2D eigenvalue weighted by Crippen LogP contribution is -2.39. The Morgan fingerprint density at radius 1 is 1.10 bits per heavy atom. The van der Waals surface area contributed by atoms with Gasteiger partial charge in [-0.25, -0.2) is 8.42 Å². The number of nitrogens with one attached hydrogen (secondary N) is 1. The first-order valence-electron chi connectivity index (χ1n) is 9.07. The molecule has 2 aromatic rings. The highest BCUT2D eigenvalue weighted by molar-refractivity contribution is 7.92. The van der Waals surface area contributed by atoms with Crippen LogP contribution in [0.15, 0.2) is 48.5 Å². The van der Waals surface area contributed by atoms with Gasteiger partial charge in [-0.2, -0.15) is 0 Å². The Morgan fingerprint density at radius 2 is 1.69 bits per heavy atom. The number of hydrogen-bond acceptors (Lipinski definition) is 5. The number of ether oxygens (including phenoxy) is 2. The van der Waals surface area contributed by atoms with E-state index in [9.17, 15) is 13.2 Å². The molecule has 0 unspecified atom stereocenters. The van der Waals surface area contributed by atoms with Crippen LogP contribution in [0.4, 0.5) is 5.69 Å². The van der Waals surface area contributed by atoms with Crippen molar-refractivity contribution in [2.45, 2.75) is 19.4 Å². The van der Waals surface area contributed by atoms with Crippen molar-refractivity contribution < 1.29 is 22.7 Å². The first-order valence-corrected chi connectivity index (χ1v) is 11.3. The van der Waals surface area contributed by atoms with E-state index in [4.69, 9.17) is 21.1 Å². The van der Waals surface area contributed by atoms with Crippen molar-refractivity contribution in [3.05, 3.63) is 53.6 Å². The van der Waals surface area contributed by atoms with Crippen molar-refractivity contribution in [3.8, 4) is 11.5 Å². The summed E-state index contributed by atoms with van der Waals surface area (Å²) in [5, 5.41) is 3.41. The molecule has 0 radical (unpaired) electrons. The highest BCUT2D eigenvalue weighted by atomic mass is 35.5. The minimum atomic E-state index is -3.34. The third-order valence-electron chi connectivity index (χ3n) is 4.12. The Bertz CT molecular complexity index is 901. The maximum absolute atomic E-state index is 12.3. The molecule has 2 aromatic carbocycles. The van der Waals surface area contributed by atoms with Crippen LogP contribution in [0, 0.1) is 0 Å². The van der Waals surface area contributed by atoms with E-state index in [1.54, 1.807) is 48.5 Å². The zero-order valence-corrected chi connectivity index (χ0v) is 18.2. The van der Waals surface area contributed by atoms with Crippen LogP contribution in [-0.2, 0) is 14.8 Å². The van der Waals surface area contributed by atoms with Gasteiger partial charge in [0.2, 0.25) is 10.0 Å². The monoisotopic (exact) mass is 440 g/mol. The predicted octanol–water partition coefficient (Wildman–Crippen LogP) is 3.09. The first kappa shape index (κ1) is 22.8. The fourth-order valence-corrected chi connectivity index (χ4v) is 3.03. The number of nitrogens with zero attached hydrogens (tertiary/aromatic N) is 1. The van der Waals surface area contributed by atoms with E-state index in [0.29, 0.717) is 41.8 Å². The molecule has 0 heterocycles. The molecule has 0 aliphatic carbocycles. The van der Waals surface area contributed by atoms with Crippen molar-refractivity contribution in [2.75, 3.05) is 30.8 Å². The van der Waals surface area contributed by atoms with Crippen molar-refractivity contribution in [2.24, 2.45) is 0 Å². The number of anilines is 1. The molecule has 1 N–H and O–H groups in total. The number of halogens is 1. The van der Waals surface area contributed by atoms with Crippen LogP contribution in [0.25, 0.3) is 0 Å². The molecular formula is C20H25ClN2O5S. The molecule has 1 amide bonds. The Balaban J connectivity index is 1.83. The number of sulfonamides is 1. The minimum absolute atomic E-state index is 0.246. The normalized spacial score (nSPS) is 12.1. The summed E-state index contributed by atoms with van der Waals surface area (Å²) in [4.78, 5) is 12.3. The van der Waals surface area contributed by atoms with Gasteiger partial charge in [0, 0.05) is 12.1 Å². The van der Waals surface area contributed by atoms with E-state index >= 15 is 0 Å². The van der Waals surface area contributed by atoms with Crippen molar-refractivity contribution >= 4 is 33.2 Å². The Morgan fingerprint density at radius 3 is 2.24 bits per heavy atom. The molecule has 0 spiro atoms. The lowest BCUT2D eigenvalue weighted by molar-refractivity contribution is -0.128. The molecule has 7 nitrogen and oxygen atoms in total. The van der Waals surface area contributed by atoms with Crippen molar-refractivity contribution in [1.29, 1.82) is 0 Å². The van der Waals surface area contributed by atoms with Gasteiger partial charge in [0.05, 0.1) is 18.5 Å². The fourth-order valence-electron chi connectivity index (χ4n) is 2.40. The van der Waals surface area contributed by atoms with E-state index in [1.807, 2.05) is 6.92 Å². The smallest absolute Gasteiger partial charge is 0.261 e. The number of carbonyl (C=O) groups excluding carboxylic acids is 1. The summed E-state index contributed by atoms with van der Waals surface area (Å²) in [6, 6.07) is 13.5. The number of benzene rings is 2. The van der Waals surface area contributed by atoms with E-state index in [2.05, 4.69) is 5.32 Å². The first-order chi connectivity index (χ1) is 13.7. The second-order valence-electron chi connectivity index (χ2n) is 6.33. The molecule has 0 aliphatic rings. The standard InChI is InChI=1S/C20H25ClN2O5S/c1-4-19(20(24)22-13-14-27-17-9-5-15(21)6-10-17)28-18-11-7-16(8-12-18)23(2)29(3,25)26/h5-12,19H,4,13-14H2,1-3H3,(H,22,24)/t19-/m1/s1. The minimum Gasteiger partial charge on any atom is -0.492 e. The van der Waals surface area contributed by atoms with Crippen LogP contribution in [0.2, 0.25) is 5.02 Å². The van der Waals surface area contributed by atoms with Gasteiger partial charge < -0.3 is 14.8 Å². The van der Waals surface area contributed by atoms with E-state index in [1.165, 1.54) is 11.4 Å². The molecule has 0 saturated heterocycles. The zero-order valence-electron chi connectivity index (χ0n) is 16.6. The van der Waals surface area contributed by atoms with Crippen LogP contribution >= 0.6 is 11.6 Å². The number of hydrogen-bond donors (Lipinski definition) is 1. The van der Waals surface area contributed by atoms with E-state index in [-0.39, 0.29) is 5.91 Å². The number of amides is 1. The molecule has 0 fully saturated rings. The third-order valence-corrected chi connectivity index (χ3v) is 5.58. The summed E-state index contributed by atoms with van der Waals surface area (Å²) < 4.78 is 35.6. The molecule has 158 valence electrons. The quantitative estimate of drug-likeness (QED) is 0.574. The largest absolute Gasteiger partial charge is 0.492 e. The van der Waals surface area contributed by atoms with E-state index < -0.39 is 16.1 Å². The fraction of sp³-hybridized carbons (Fsp3) is 0.350. The maximum Gasteiger partial charge on any atom is 0.261 e. The van der Waals surface area contributed by atoms with Crippen molar-refractivity contribution in [1.82, 2.24) is 5.32 Å². The lowest BCUT2D eigenvalue weighted by Gasteiger charge is -2.19. The van der Waals surface area contributed by atoms with Gasteiger partial charge in [0.15, 0.2) is 6.10 Å². The highest BCUT2D eigenvalue weighted by Gasteiger charge is 2.18. The number of carbonyl (C=O) groups is 1. The summed E-state index contributed by atoms with van der Waals surface area (Å²) in [6.07, 6.45) is 0.949. The molecule has 0 saturated carbocycles. The topological polar surface area (TPSA) is 84.9 Å². The zero-order chi connectivity index (χ0) is 21.4. The van der Waals surface area contributed by atoms with Crippen LogP contribution in [0.5, 0.6) is 11.5 Å². The van der Waals surface area contributed by atoms with Gasteiger partial charge in [-0.1, -0.05) is 18.5 Å². The van der Waals surface area contributed by atoms with Gasteiger partial charge in [0.25, 0.3) is 5.91 Å². The van der Waals surface area contributed by atoms with Gasteiger partial charge in [-0.15, -0.1) is 0 Å². The Hall–Kier alpha value is -2.45.